The van der Waals surface area contributed by atoms with Crippen LogP contribution in [0, 0.1) is 11.6 Å². The molecule has 13 heteroatoms. The molecule has 1 aromatic carbocycles. The van der Waals surface area contributed by atoms with Gasteiger partial charge in [-0.3, -0.25) is 0 Å². The minimum atomic E-state index is -0.880. The van der Waals surface area contributed by atoms with Crippen LogP contribution in [0.5, 0.6) is 5.88 Å². The second-order valence-corrected chi connectivity index (χ2v) is 11.7. The number of halogens is 4. The molecule has 2 heterocycles. The molecular formula is C19H22BrF2IN5O3S-. The van der Waals surface area contributed by atoms with Crippen molar-refractivity contribution in [2.45, 2.75) is 25.9 Å². The number of amides is 3. The second kappa shape index (κ2) is 12.0. The summed E-state index contributed by atoms with van der Waals surface area (Å²) < 4.78 is 41.4. The predicted octanol–water partition coefficient (Wildman–Crippen LogP) is 0.473. The molecule has 0 atom stereocenters. The molecule has 0 spiro atoms. The van der Waals surface area contributed by atoms with Crippen LogP contribution in [0.3, 0.4) is 0 Å². The summed E-state index contributed by atoms with van der Waals surface area (Å²) in [6, 6.07) is 1.70. The number of carbonyl (C=O) groups is 2. The van der Waals surface area contributed by atoms with Crippen molar-refractivity contribution in [1.29, 1.82) is 0 Å². The fourth-order valence-corrected chi connectivity index (χ4v) is 6.79. The van der Waals surface area contributed by atoms with Gasteiger partial charge in [0.1, 0.15) is 18.2 Å². The molecule has 1 aromatic heterocycles. The molecule has 176 valence electrons. The minimum absolute atomic E-state index is 0.101. The van der Waals surface area contributed by atoms with Crippen molar-refractivity contribution in [3.8, 4) is 5.88 Å². The van der Waals surface area contributed by atoms with Gasteiger partial charge in [-0.15, -0.1) is 0 Å². The van der Waals surface area contributed by atoms with E-state index >= 15 is 0 Å². The van der Waals surface area contributed by atoms with Gasteiger partial charge in [-0.05, 0) is 12.1 Å². The summed E-state index contributed by atoms with van der Waals surface area (Å²) in [5, 5.41) is 5.37. The van der Waals surface area contributed by atoms with Crippen LogP contribution in [0.4, 0.5) is 18.6 Å². The van der Waals surface area contributed by atoms with Crippen molar-refractivity contribution in [2.75, 3.05) is 29.4 Å². The topological polar surface area (TPSA) is 110 Å². The van der Waals surface area contributed by atoms with Crippen molar-refractivity contribution in [3.63, 3.8) is 0 Å². The first-order valence-corrected chi connectivity index (χ1v) is 13.9. The number of benzene rings is 1. The van der Waals surface area contributed by atoms with E-state index in [-0.39, 0.29) is 48.0 Å². The van der Waals surface area contributed by atoms with Gasteiger partial charge < -0.3 is 0 Å². The Labute approximate surface area is 207 Å². The van der Waals surface area contributed by atoms with Crippen LogP contribution >= 0.6 is 27.5 Å². The van der Waals surface area contributed by atoms with E-state index in [1.807, 2.05) is 0 Å². The van der Waals surface area contributed by atoms with E-state index in [0.29, 0.717) is 6.54 Å². The van der Waals surface area contributed by atoms with Crippen molar-refractivity contribution >= 4 is 44.4 Å². The first-order valence-electron chi connectivity index (χ1n) is 9.80. The molecule has 3 rings (SSSR count). The number of unbranched alkanes of at least 4 members (excludes halogenated alkanes) is 1. The first kappa shape index (κ1) is 25.1. The summed E-state index contributed by atoms with van der Waals surface area (Å²) >= 11 is 4.00. The summed E-state index contributed by atoms with van der Waals surface area (Å²) in [7, 11) is 0. The number of urea groups is 1. The molecule has 1 fully saturated rings. The van der Waals surface area contributed by atoms with E-state index in [2.05, 4.69) is 34.1 Å². The van der Waals surface area contributed by atoms with E-state index in [9.17, 15) is 18.4 Å². The molecule has 0 saturated carbocycles. The molecule has 3 amide bonds. The number of carbonyl (C=O) groups excluding carboxylic acids is 2. The Kier molecular flexibility index (Phi) is 9.43. The molecule has 1 aliphatic rings. The van der Waals surface area contributed by atoms with Gasteiger partial charge in [0.2, 0.25) is 0 Å². The third-order valence-electron chi connectivity index (χ3n) is 4.49. The number of hydrogen-bond acceptors (Lipinski definition) is 6. The summed E-state index contributed by atoms with van der Waals surface area (Å²) in [4.78, 5) is 24.1. The van der Waals surface area contributed by atoms with Gasteiger partial charge >= 0.3 is 143 Å². The Bertz CT molecular complexity index is 951. The number of ether oxygens (including phenoxy) is 1. The number of primary amides is 1. The van der Waals surface area contributed by atoms with Crippen LogP contribution in [-0.4, -0.2) is 43.5 Å². The average molecular weight is 645 g/mol. The van der Waals surface area contributed by atoms with Gasteiger partial charge in [0.05, 0.1) is 5.56 Å². The van der Waals surface area contributed by atoms with Crippen molar-refractivity contribution in [3.05, 3.63) is 39.4 Å². The van der Waals surface area contributed by atoms with Crippen LogP contribution in [0.15, 0.2) is 16.6 Å². The van der Waals surface area contributed by atoms with Crippen molar-refractivity contribution in [1.82, 2.24) is 12.8 Å². The zero-order valence-electron chi connectivity index (χ0n) is 16.9. The Balaban J connectivity index is 1.52. The predicted molar refractivity (Wildman–Crippen MR) is 116 cm³/mol. The van der Waals surface area contributed by atoms with Gasteiger partial charge in [0.25, 0.3) is 0 Å². The first-order chi connectivity index (χ1) is 15.3. The number of nitrogens with two attached hydrogens (primary N) is 1. The molecule has 32 heavy (non-hydrogen) atoms. The Hall–Kier alpha value is -1.58. The molecular weight excluding hydrogens is 623 g/mol. The standard InChI is InChI=1S/C19H22BrF2IN5O3S/c20-11-8-13(21)12(14(22)9-11)10-31-17-15(16(24)29)18(32-27-17)26-19(30)25-5-1-2-6-28-7-3-4-23-28/h8-9H,1-7,10H2,(H2,24,29)(H2,25,26,30)/q-1. The molecule has 4 N–H and O–H groups in total. The third-order valence-corrected chi connectivity index (χ3v) is 8.87. The van der Waals surface area contributed by atoms with Crippen molar-refractivity contribution in [2.24, 2.45) is 5.73 Å². The second-order valence-electron chi connectivity index (χ2n) is 6.85. The Morgan fingerprint density at radius 3 is 2.72 bits per heavy atom. The quantitative estimate of drug-likeness (QED) is 0.151. The van der Waals surface area contributed by atoms with Crippen molar-refractivity contribution < 1.29 is 44.6 Å². The van der Waals surface area contributed by atoms with Gasteiger partial charge in [-0.1, -0.05) is 15.9 Å². The molecule has 0 unspecified atom stereocenters. The summed E-state index contributed by atoms with van der Waals surface area (Å²) in [6.45, 7) is 2.25. The summed E-state index contributed by atoms with van der Waals surface area (Å²) in [5.74, 6) is -2.70. The number of nitrogens with zero attached hydrogens (tertiary/aromatic N) is 2. The molecule has 2 aromatic rings. The van der Waals surface area contributed by atoms with E-state index < -0.39 is 30.2 Å². The van der Waals surface area contributed by atoms with Gasteiger partial charge in [0.15, 0.2) is 0 Å². The zero-order valence-corrected chi connectivity index (χ0v) is 21.5. The number of alkyl halides is 1. The monoisotopic (exact) mass is 644 g/mol. The number of aromatic nitrogens is 1. The number of anilines is 1. The van der Waals surface area contributed by atoms with Gasteiger partial charge in [-0.25, -0.2) is 8.78 Å². The van der Waals surface area contributed by atoms with Crippen LogP contribution < -0.4 is 42.6 Å². The molecule has 1 saturated heterocycles. The third kappa shape index (κ3) is 6.96. The van der Waals surface area contributed by atoms with Gasteiger partial charge in [0, 0.05) is 4.47 Å². The SMILES string of the molecule is NC(=O)c1c(OCc2c(F)cc(Br)cc2F)nsc1NC(=O)NCCCCN1CCC[I-]1. The van der Waals surface area contributed by atoms with E-state index in [1.165, 1.54) is 17.4 Å². The van der Waals surface area contributed by atoms with Gasteiger partial charge in [-0.2, -0.15) is 0 Å². The number of hydrogen-bond donors (Lipinski definition) is 3. The Morgan fingerprint density at radius 2 is 2.06 bits per heavy atom. The molecule has 8 nitrogen and oxygen atoms in total. The van der Waals surface area contributed by atoms with E-state index in [4.69, 9.17) is 10.5 Å². The van der Waals surface area contributed by atoms with Crippen LogP contribution in [0.1, 0.15) is 35.2 Å². The van der Waals surface area contributed by atoms with Crippen LogP contribution in [0.2, 0.25) is 0 Å². The maximum atomic E-state index is 14.0. The maximum absolute atomic E-state index is 14.0. The molecule has 0 bridgehead atoms. The molecule has 1 aliphatic heterocycles. The zero-order chi connectivity index (χ0) is 23.1. The number of nitrogens with one attached hydrogen (secondary N) is 2. The normalized spacial score (nSPS) is 14.1. The van der Waals surface area contributed by atoms with E-state index in [0.717, 1.165) is 43.1 Å². The summed E-state index contributed by atoms with van der Waals surface area (Å²) in [5.41, 5.74) is 4.93. The molecule has 0 radical (unpaired) electrons. The Morgan fingerprint density at radius 1 is 1.31 bits per heavy atom. The fraction of sp³-hybridized carbons (Fsp3) is 0.421. The van der Waals surface area contributed by atoms with Crippen LogP contribution in [0.25, 0.3) is 0 Å². The molecule has 0 aliphatic carbocycles. The van der Waals surface area contributed by atoms with Crippen LogP contribution in [-0.2, 0) is 6.61 Å². The number of rotatable bonds is 10. The van der Waals surface area contributed by atoms with E-state index in [1.54, 1.807) is 0 Å². The fourth-order valence-electron chi connectivity index (χ4n) is 2.93. The summed E-state index contributed by atoms with van der Waals surface area (Å²) in [6.07, 6.45) is 3.15. The average Bonchev–Trinajstić information content (AvgIpc) is 3.37.